The average Bonchev–Trinajstić information content (AvgIpc) is 3.03. The van der Waals surface area contributed by atoms with Crippen LogP contribution in [0.2, 0.25) is 0 Å². The first-order chi connectivity index (χ1) is 10.9. The van der Waals surface area contributed by atoms with E-state index in [2.05, 4.69) is 10.6 Å². The second kappa shape index (κ2) is 5.45. The molecule has 2 aliphatic rings. The molecule has 0 radical (unpaired) electrons. The van der Waals surface area contributed by atoms with Crippen molar-refractivity contribution in [3.8, 4) is 0 Å². The predicted molar refractivity (Wildman–Crippen MR) is 84.4 cm³/mol. The first-order valence-corrected chi connectivity index (χ1v) is 8.36. The van der Waals surface area contributed by atoms with E-state index in [4.69, 9.17) is 0 Å². The molecule has 8 heteroatoms. The fourth-order valence-corrected chi connectivity index (χ4v) is 3.83. The van der Waals surface area contributed by atoms with Crippen LogP contribution in [0, 0.1) is 0 Å². The van der Waals surface area contributed by atoms with Gasteiger partial charge in [-0.15, -0.1) is 11.3 Å². The smallest absolute Gasteiger partial charge is 0.265 e. The Morgan fingerprint density at radius 2 is 2.04 bits per heavy atom. The van der Waals surface area contributed by atoms with E-state index in [0.717, 1.165) is 11.3 Å². The molecule has 2 aliphatic heterocycles. The fraction of sp³-hybridized carbons (Fsp3) is 0.467. The van der Waals surface area contributed by atoms with E-state index >= 15 is 0 Å². The minimum Gasteiger partial charge on any atom is -0.376 e. The van der Waals surface area contributed by atoms with Gasteiger partial charge in [0, 0.05) is 18.3 Å². The summed E-state index contributed by atoms with van der Waals surface area (Å²) in [6, 6.07) is 0. The highest BCUT2D eigenvalue weighted by Crippen LogP contribution is 2.40. The summed E-state index contributed by atoms with van der Waals surface area (Å²) < 4.78 is 0. The molecule has 0 spiro atoms. The van der Waals surface area contributed by atoms with Crippen molar-refractivity contribution in [2.75, 3.05) is 11.9 Å². The van der Waals surface area contributed by atoms with Crippen LogP contribution in [0.3, 0.4) is 0 Å². The molecule has 7 nitrogen and oxygen atoms in total. The van der Waals surface area contributed by atoms with Crippen LogP contribution in [0.25, 0.3) is 0 Å². The highest BCUT2D eigenvalue weighted by atomic mass is 32.1. The van der Waals surface area contributed by atoms with Crippen LogP contribution in [0.5, 0.6) is 0 Å². The number of nitrogens with zero attached hydrogens (tertiary/aromatic N) is 1. The highest BCUT2D eigenvalue weighted by Gasteiger charge is 2.53. The SMILES string of the molecule is CCCNc1scc2c1C(=O)N(C1(C)CCC(=O)NC1=O)C2=O. The molecule has 122 valence electrons. The van der Waals surface area contributed by atoms with Crippen molar-refractivity contribution in [3.05, 3.63) is 16.5 Å². The zero-order valence-corrected chi connectivity index (χ0v) is 13.7. The summed E-state index contributed by atoms with van der Waals surface area (Å²) in [5.74, 6) is -1.94. The summed E-state index contributed by atoms with van der Waals surface area (Å²) in [5, 5.41) is 7.66. The lowest BCUT2D eigenvalue weighted by molar-refractivity contribution is -0.140. The van der Waals surface area contributed by atoms with Gasteiger partial charge in [-0.1, -0.05) is 6.92 Å². The summed E-state index contributed by atoms with van der Waals surface area (Å²) in [6.45, 7) is 4.23. The lowest BCUT2D eigenvalue weighted by Gasteiger charge is -2.38. The number of carbonyl (C=O) groups is 4. The molecule has 4 amide bonds. The number of nitrogens with one attached hydrogen (secondary N) is 2. The van der Waals surface area contributed by atoms with Crippen molar-refractivity contribution >= 4 is 40.0 Å². The monoisotopic (exact) mass is 335 g/mol. The first kappa shape index (κ1) is 15.7. The van der Waals surface area contributed by atoms with Crippen molar-refractivity contribution in [2.24, 2.45) is 0 Å². The van der Waals surface area contributed by atoms with E-state index in [1.807, 2.05) is 6.92 Å². The van der Waals surface area contributed by atoms with Gasteiger partial charge in [-0.05, 0) is 19.8 Å². The predicted octanol–water partition coefficient (Wildman–Crippen LogP) is 1.36. The molecule has 1 atom stereocenters. The zero-order chi connectivity index (χ0) is 16.8. The molecule has 3 rings (SSSR count). The van der Waals surface area contributed by atoms with Gasteiger partial charge in [0.25, 0.3) is 17.7 Å². The Kier molecular flexibility index (Phi) is 3.71. The molecule has 23 heavy (non-hydrogen) atoms. The Morgan fingerprint density at radius 1 is 1.30 bits per heavy atom. The van der Waals surface area contributed by atoms with Crippen LogP contribution < -0.4 is 10.6 Å². The minimum absolute atomic E-state index is 0.104. The molecule has 0 aromatic carbocycles. The van der Waals surface area contributed by atoms with Gasteiger partial charge < -0.3 is 5.32 Å². The highest BCUT2D eigenvalue weighted by molar-refractivity contribution is 7.15. The molecule has 1 unspecified atom stereocenters. The van der Waals surface area contributed by atoms with Crippen LogP contribution in [0.1, 0.15) is 53.8 Å². The molecule has 1 fully saturated rings. The van der Waals surface area contributed by atoms with Gasteiger partial charge in [0.2, 0.25) is 5.91 Å². The molecule has 0 saturated carbocycles. The van der Waals surface area contributed by atoms with Gasteiger partial charge in [0.05, 0.1) is 11.1 Å². The van der Waals surface area contributed by atoms with Crippen molar-refractivity contribution in [3.63, 3.8) is 0 Å². The number of carbonyl (C=O) groups excluding carboxylic acids is 4. The summed E-state index contributed by atoms with van der Waals surface area (Å²) in [6.07, 6.45) is 1.13. The van der Waals surface area contributed by atoms with Gasteiger partial charge in [-0.25, -0.2) is 0 Å². The Hall–Kier alpha value is -2.22. The van der Waals surface area contributed by atoms with Crippen molar-refractivity contribution < 1.29 is 19.2 Å². The quantitative estimate of drug-likeness (QED) is 0.810. The zero-order valence-electron chi connectivity index (χ0n) is 12.9. The van der Waals surface area contributed by atoms with Gasteiger partial charge in [-0.2, -0.15) is 0 Å². The van der Waals surface area contributed by atoms with Crippen LogP contribution in [-0.2, 0) is 9.59 Å². The summed E-state index contributed by atoms with van der Waals surface area (Å²) in [4.78, 5) is 50.0. The second-order valence-electron chi connectivity index (χ2n) is 5.88. The van der Waals surface area contributed by atoms with E-state index < -0.39 is 23.3 Å². The van der Waals surface area contributed by atoms with Gasteiger partial charge in [-0.3, -0.25) is 29.4 Å². The maximum absolute atomic E-state index is 12.8. The van der Waals surface area contributed by atoms with E-state index in [-0.39, 0.29) is 18.7 Å². The number of thiophene rings is 1. The topological polar surface area (TPSA) is 95.6 Å². The van der Waals surface area contributed by atoms with Crippen LogP contribution >= 0.6 is 11.3 Å². The lowest BCUT2D eigenvalue weighted by atomic mass is 9.89. The molecule has 1 aromatic rings. The van der Waals surface area contributed by atoms with Crippen LogP contribution in [0.15, 0.2) is 5.38 Å². The Labute approximate surface area is 137 Å². The number of amides is 4. The molecule has 1 saturated heterocycles. The van der Waals surface area contributed by atoms with Gasteiger partial charge in [0.15, 0.2) is 0 Å². The number of rotatable bonds is 4. The molecular formula is C15H17N3O4S. The van der Waals surface area contributed by atoms with Crippen molar-refractivity contribution in [1.82, 2.24) is 10.2 Å². The van der Waals surface area contributed by atoms with E-state index in [1.54, 1.807) is 5.38 Å². The molecule has 0 bridgehead atoms. The van der Waals surface area contributed by atoms with Gasteiger partial charge >= 0.3 is 0 Å². The molecular weight excluding hydrogens is 318 g/mol. The standard InChI is InChI=1S/C15H17N3O4S/c1-3-6-16-11-10-8(7-23-11)12(20)18(13(10)21)15(2)5-4-9(19)17-14(15)22/h7,16H,3-6H2,1-2H3,(H,17,19,22). The summed E-state index contributed by atoms with van der Waals surface area (Å²) in [7, 11) is 0. The number of hydrogen-bond acceptors (Lipinski definition) is 6. The van der Waals surface area contributed by atoms with Crippen LogP contribution in [0.4, 0.5) is 5.00 Å². The Balaban J connectivity index is 1.96. The van der Waals surface area contributed by atoms with E-state index in [0.29, 0.717) is 22.7 Å². The third-order valence-electron chi connectivity index (χ3n) is 4.25. The maximum atomic E-state index is 12.8. The number of imide groups is 2. The second-order valence-corrected chi connectivity index (χ2v) is 6.76. The maximum Gasteiger partial charge on any atom is 0.265 e. The third kappa shape index (κ3) is 2.24. The van der Waals surface area contributed by atoms with Crippen LogP contribution in [-0.4, -0.2) is 40.6 Å². The Morgan fingerprint density at radius 3 is 2.70 bits per heavy atom. The number of fused-ring (bicyclic) bond motifs is 1. The molecule has 0 aliphatic carbocycles. The fourth-order valence-electron chi connectivity index (χ4n) is 2.88. The van der Waals surface area contributed by atoms with Crippen molar-refractivity contribution in [1.29, 1.82) is 0 Å². The number of anilines is 1. The molecule has 1 aromatic heterocycles. The molecule has 2 N–H and O–H groups in total. The van der Waals surface area contributed by atoms with E-state index in [9.17, 15) is 19.2 Å². The Bertz CT molecular complexity index is 726. The van der Waals surface area contributed by atoms with Crippen molar-refractivity contribution in [2.45, 2.75) is 38.6 Å². The molecule has 3 heterocycles. The number of hydrogen-bond donors (Lipinski definition) is 2. The normalized spacial score (nSPS) is 24.0. The lowest BCUT2D eigenvalue weighted by Crippen LogP contribution is -2.62. The first-order valence-electron chi connectivity index (χ1n) is 7.48. The largest absolute Gasteiger partial charge is 0.376 e. The average molecular weight is 335 g/mol. The number of piperidine rings is 1. The minimum atomic E-state index is -1.33. The van der Waals surface area contributed by atoms with Gasteiger partial charge in [0.1, 0.15) is 10.5 Å². The third-order valence-corrected chi connectivity index (χ3v) is 5.19. The van der Waals surface area contributed by atoms with E-state index in [1.165, 1.54) is 18.3 Å². The summed E-state index contributed by atoms with van der Waals surface area (Å²) >= 11 is 1.31. The summed E-state index contributed by atoms with van der Waals surface area (Å²) in [5.41, 5.74) is -0.676.